The van der Waals surface area contributed by atoms with Gasteiger partial charge in [0.1, 0.15) is 0 Å². The van der Waals surface area contributed by atoms with E-state index in [2.05, 4.69) is 5.32 Å². The minimum Gasteiger partial charge on any atom is -0.328 e. The first kappa shape index (κ1) is 9.17. The van der Waals surface area contributed by atoms with Crippen LogP contribution in [0.3, 0.4) is 0 Å². The van der Waals surface area contributed by atoms with Crippen LogP contribution in [0.2, 0.25) is 0 Å². The Kier molecular flexibility index (Phi) is 2.29. The van der Waals surface area contributed by atoms with Crippen LogP contribution >= 0.6 is 0 Å². The minimum atomic E-state index is 0.491. The first-order chi connectivity index (χ1) is 6.83. The Morgan fingerprint density at radius 1 is 0.929 bits per heavy atom. The standard InChI is InChI=1S/C12H22N2/c13-9-2-4-10(5-3-9)14-12-6-1-8-7-11(8)12/h8-12,14H,1-7,13H2. The van der Waals surface area contributed by atoms with Gasteiger partial charge in [-0.1, -0.05) is 0 Å². The highest BCUT2D eigenvalue weighted by Gasteiger charge is 2.48. The highest BCUT2D eigenvalue weighted by atomic mass is 15.0. The predicted molar refractivity (Wildman–Crippen MR) is 58.0 cm³/mol. The van der Waals surface area contributed by atoms with Gasteiger partial charge >= 0.3 is 0 Å². The molecule has 3 rings (SSSR count). The summed E-state index contributed by atoms with van der Waals surface area (Å²) in [4.78, 5) is 0. The summed E-state index contributed by atoms with van der Waals surface area (Å²) in [6.45, 7) is 0. The van der Waals surface area contributed by atoms with Gasteiger partial charge in [-0.25, -0.2) is 0 Å². The number of rotatable bonds is 2. The summed E-state index contributed by atoms with van der Waals surface area (Å²) in [5, 5.41) is 3.87. The van der Waals surface area contributed by atoms with Gasteiger partial charge in [0.15, 0.2) is 0 Å². The van der Waals surface area contributed by atoms with Crippen molar-refractivity contribution < 1.29 is 0 Å². The molecule has 0 aromatic carbocycles. The molecule has 0 radical (unpaired) electrons. The van der Waals surface area contributed by atoms with E-state index < -0.39 is 0 Å². The highest BCUT2D eigenvalue weighted by Crippen LogP contribution is 2.52. The Balaban J connectivity index is 1.48. The molecule has 0 bridgehead atoms. The van der Waals surface area contributed by atoms with Crippen molar-refractivity contribution in [1.29, 1.82) is 0 Å². The minimum absolute atomic E-state index is 0.491. The SMILES string of the molecule is NC1CCC(NC2CCC3CC32)CC1. The molecular weight excluding hydrogens is 172 g/mol. The van der Waals surface area contributed by atoms with Gasteiger partial charge < -0.3 is 11.1 Å². The van der Waals surface area contributed by atoms with Crippen LogP contribution in [0.5, 0.6) is 0 Å². The van der Waals surface area contributed by atoms with Crippen LogP contribution in [0.25, 0.3) is 0 Å². The Morgan fingerprint density at radius 3 is 2.29 bits per heavy atom. The molecule has 2 nitrogen and oxygen atoms in total. The third kappa shape index (κ3) is 1.70. The second-order valence-electron chi connectivity index (χ2n) is 5.62. The lowest BCUT2D eigenvalue weighted by Crippen LogP contribution is -2.42. The van der Waals surface area contributed by atoms with Crippen LogP contribution in [0.15, 0.2) is 0 Å². The first-order valence-corrected chi connectivity index (χ1v) is 6.34. The van der Waals surface area contributed by atoms with Gasteiger partial charge in [-0.2, -0.15) is 0 Å². The molecule has 3 fully saturated rings. The summed E-state index contributed by atoms with van der Waals surface area (Å²) < 4.78 is 0. The molecule has 0 spiro atoms. The molecule has 0 heterocycles. The van der Waals surface area contributed by atoms with E-state index >= 15 is 0 Å². The van der Waals surface area contributed by atoms with Gasteiger partial charge in [-0.05, 0) is 56.8 Å². The van der Waals surface area contributed by atoms with E-state index in [1.165, 1.54) is 44.9 Å². The molecular formula is C12H22N2. The molecule has 3 saturated carbocycles. The van der Waals surface area contributed by atoms with Crippen molar-refractivity contribution >= 4 is 0 Å². The Morgan fingerprint density at radius 2 is 1.71 bits per heavy atom. The average Bonchev–Trinajstić information content (AvgIpc) is 2.88. The van der Waals surface area contributed by atoms with E-state index in [-0.39, 0.29) is 0 Å². The predicted octanol–water partition coefficient (Wildman–Crippen LogP) is 1.64. The van der Waals surface area contributed by atoms with E-state index in [1.807, 2.05) is 0 Å². The smallest absolute Gasteiger partial charge is 0.0101 e. The van der Waals surface area contributed by atoms with Crippen LogP contribution in [0.1, 0.15) is 44.9 Å². The summed E-state index contributed by atoms with van der Waals surface area (Å²) in [7, 11) is 0. The summed E-state index contributed by atoms with van der Waals surface area (Å²) in [6.07, 6.45) is 9.55. The molecule has 0 aromatic heterocycles. The molecule has 80 valence electrons. The fourth-order valence-corrected chi connectivity index (χ4v) is 3.50. The lowest BCUT2D eigenvalue weighted by Gasteiger charge is -2.30. The van der Waals surface area contributed by atoms with Crippen LogP contribution in [-0.2, 0) is 0 Å². The van der Waals surface area contributed by atoms with Gasteiger partial charge in [0, 0.05) is 18.1 Å². The van der Waals surface area contributed by atoms with Gasteiger partial charge in [-0.3, -0.25) is 0 Å². The van der Waals surface area contributed by atoms with E-state index in [9.17, 15) is 0 Å². The summed E-state index contributed by atoms with van der Waals surface area (Å²) in [5.74, 6) is 2.17. The Hall–Kier alpha value is -0.0800. The van der Waals surface area contributed by atoms with E-state index in [4.69, 9.17) is 5.73 Å². The largest absolute Gasteiger partial charge is 0.328 e. The van der Waals surface area contributed by atoms with Crippen LogP contribution in [-0.4, -0.2) is 18.1 Å². The molecule has 0 amide bonds. The second-order valence-corrected chi connectivity index (χ2v) is 5.62. The van der Waals surface area contributed by atoms with Crippen LogP contribution in [0.4, 0.5) is 0 Å². The maximum absolute atomic E-state index is 5.91. The zero-order chi connectivity index (χ0) is 9.54. The maximum Gasteiger partial charge on any atom is 0.0101 e. The molecule has 3 aliphatic rings. The third-order valence-corrected chi connectivity index (χ3v) is 4.56. The molecule has 2 heteroatoms. The van der Waals surface area contributed by atoms with Gasteiger partial charge in [0.2, 0.25) is 0 Å². The van der Waals surface area contributed by atoms with Crippen LogP contribution in [0, 0.1) is 11.8 Å². The molecule has 3 atom stereocenters. The van der Waals surface area contributed by atoms with Crippen molar-refractivity contribution in [3.8, 4) is 0 Å². The number of nitrogens with one attached hydrogen (secondary N) is 1. The summed E-state index contributed by atoms with van der Waals surface area (Å²) in [5.41, 5.74) is 5.91. The number of hydrogen-bond donors (Lipinski definition) is 2. The molecule has 0 aliphatic heterocycles. The van der Waals surface area contributed by atoms with Gasteiger partial charge in [0.05, 0.1) is 0 Å². The Bertz CT molecular complexity index is 208. The highest BCUT2D eigenvalue weighted by molar-refractivity contribution is 5.02. The number of hydrogen-bond acceptors (Lipinski definition) is 2. The zero-order valence-corrected chi connectivity index (χ0v) is 8.91. The van der Waals surface area contributed by atoms with Gasteiger partial charge in [0.25, 0.3) is 0 Å². The van der Waals surface area contributed by atoms with Crippen LogP contribution < -0.4 is 11.1 Å². The third-order valence-electron chi connectivity index (χ3n) is 4.56. The monoisotopic (exact) mass is 194 g/mol. The van der Waals surface area contributed by atoms with Gasteiger partial charge in [-0.15, -0.1) is 0 Å². The van der Waals surface area contributed by atoms with Crippen molar-refractivity contribution in [3.05, 3.63) is 0 Å². The fourth-order valence-electron chi connectivity index (χ4n) is 3.50. The average molecular weight is 194 g/mol. The molecule has 3 N–H and O–H groups in total. The molecule has 14 heavy (non-hydrogen) atoms. The number of nitrogens with two attached hydrogens (primary N) is 1. The zero-order valence-electron chi connectivity index (χ0n) is 8.91. The van der Waals surface area contributed by atoms with Crippen molar-refractivity contribution in [3.63, 3.8) is 0 Å². The topological polar surface area (TPSA) is 38.0 Å². The first-order valence-electron chi connectivity index (χ1n) is 6.34. The molecule has 0 saturated heterocycles. The van der Waals surface area contributed by atoms with E-state index in [0.717, 1.165) is 23.9 Å². The second kappa shape index (κ2) is 3.49. The molecule has 3 aliphatic carbocycles. The van der Waals surface area contributed by atoms with Crippen molar-refractivity contribution in [2.24, 2.45) is 17.6 Å². The Labute approximate surface area is 86.6 Å². The molecule has 0 aromatic rings. The molecule has 3 unspecified atom stereocenters. The summed E-state index contributed by atoms with van der Waals surface area (Å²) in [6, 6.07) is 2.16. The quantitative estimate of drug-likeness (QED) is 0.701. The van der Waals surface area contributed by atoms with E-state index in [1.54, 1.807) is 0 Å². The normalized spacial score (nSPS) is 51.6. The van der Waals surface area contributed by atoms with Crippen molar-refractivity contribution in [2.75, 3.05) is 0 Å². The summed E-state index contributed by atoms with van der Waals surface area (Å²) >= 11 is 0. The van der Waals surface area contributed by atoms with Crippen molar-refractivity contribution in [1.82, 2.24) is 5.32 Å². The van der Waals surface area contributed by atoms with Crippen molar-refractivity contribution in [2.45, 2.75) is 63.1 Å². The lowest BCUT2D eigenvalue weighted by atomic mass is 9.91. The maximum atomic E-state index is 5.91. The lowest BCUT2D eigenvalue weighted by molar-refractivity contribution is 0.304. The van der Waals surface area contributed by atoms with E-state index in [0.29, 0.717) is 6.04 Å². The number of fused-ring (bicyclic) bond motifs is 1. The fraction of sp³-hybridized carbons (Fsp3) is 1.00.